The lowest BCUT2D eigenvalue weighted by Crippen LogP contribution is -2.08. The first kappa shape index (κ1) is 13.4. The van der Waals surface area contributed by atoms with E-state index in [0.29, 0.717) is 12.4 Å². The molecule has 0 saturated carbocycles. The van der Waals surface area contributed by atoms with Crippen LogP contribution in [-0.2, 0) is 25.4 Å². The zero-order valence-corrected chi connectivity index (χ0v) is 11.9. The Kier molecular flexibility index (Phi) is 4.24. The predicted octanol–water partition coefficient (Wildman–Crippen LogP) is 2.50. The Morgan fingerprint density at radius 2 is 2.11 bits per heavy atom. The van der Waals surface area contributed by atoms with Crippen molar-refractivity contribution in [1.29, 1.82) is 0 Å². The number of hydrogen-bond acceptors (Lipinski definition) is 3. The highest BCUT2D eigenvalue weighted by molar-refractivity contribution is 6.31. The monoisotopic (exact) mass is 287 g/mol. The van der Waals surface area contributed by atoms with Crippen LogP contribution in [0, 0.1) is 0 Å². The maximum atomic E-state index is 6.33. The van der Waals surface area contributed by atoms with Gasteiger partial charge in [-0.05, 0) is 13.3 Å². The fraction of sp³-hybridized carbons (Fsp3) is 0.545. The van der Waals surface area contributed by atoms with E-state index in [2.05, 4.69) is 15.4 Å². The molecule has 2 aromatic heterocycles. The third-order valence-electron chi connectivity index (χ3n) is 2.73. The van der Waals surface area contributed by atoms with Crippen LogP contribution in [0.15, 0.2) is 6.20 Å². The van der Waals surface area contributed by atoms with Crippen LogP contribution in [0.2, 0.25) is 5.02 Å². The highest BCUT2D eigenvalue weighted by atomic mass is 35.5. The van der Waals surface area contributed by atoms with Gasteiger partial charge in [0, 0.05) is 6.54 Å². The Morgan fingerprint density at radius 1 is 1.33 bits per heavy atom. The van der Waals surface area contributed by atoms with E-state index in [1.54, 1.807) is 4.68 Å². The lowest BCUT2D eigenvalue weighted by atomic mass is 10.3. The third-order valence-corrected chi connectivity index (χ3v) is 3.44. The van der Waals surface area contributed by atoms with E-state index >= 15 is 0 Å². The molecule has 5 nitrogen and oxygen atoms in total. The third kappa shape index (κ3) is 2.52. The second kappa shape index (κ2) is 5.71. The van der Waals surface area contributed by atoms with Crippen LogP contribution >= 0.6 is 23.2 Å². The first-order valence-corrected chi connectivity index (χ1v) is 6.79. The summed E-state index contributed by atoms with van der Waals surface area (Å²) >= 11 is 12.0. The van der Waals surface area contributed by atoms with Crippen LogP contribution in [0.1, 0.15) is 30.9 Å². The molecule has 2 aromatic rings. The van der Waals surface area contributed by atoms with Crippen LogP contribution < -0.4 is 0 Å². The van der Waals surface area contributed by atoms with Crippen molar-refractivity contribution in [2.75, 3.05) is 0 Å². The predicted molar refractivity (Wildman–Crippen MR) is 71.0 cm³/mol. The molecular formula is C11H15Cl2N5. The molecule has 0 N–H and O–H groups in total. The van der Waals surface area contributed by atoms with Gasteiger partial charge in [0.25, 0.3) is 0 Å². The van der Waals surface area contributed by atoms with Crippen molar-refractivity contribution in [3.63, 3.8) is 0 Å². The molecule has 0 bridgehead atoms. The normalized spacial score (nSPS) is 11.1. The molecule has 98 valence electrons. The second-order valence-electron chi connectivity index (χ2n) is 3.92. The summed E-state index contributed by atoms with van der Waals surface area (Å²) in [6.07, 6.45) is 2.64. The van der Waals surface area contributed by atoms with Crippen LogP contribution in [-0.4, -0.2) is 24.8 Å². The highest BCUT2D eigenvalue weighted by Gasteiger charge is 2.15. The van der Waals surface area contributed by atoms with Crippen molar-refractivity contribution in [1.82, 2.24) is 24.8 Å². The van der Waals surface area contributed by atoms with Crippen molar-refractivity contribution in [3.05, 3.63) is 28.3 Å². The minimum Gasteiger partial charge on any atom is -0.266 e. The van der Waals surface area contributed by atoms with E-state index in [0.717, 1.165) is 35.1 Å². The zero-order chi connectivity index (χ0) is 13.1. The molecule has 2 heterocycles. The number of aromatic nitrogens is 5. The minimum atomic E-state index is 0.362. The number of halogens is 2. The molecule has 0 aromatic carbocycles. The number of alkyl halides is 1. The number of aryl methyl sites for hydroxylation is 2. The van der Waals surface area contributed by atoms with E-state index in [4.69, 9.17) is 23.2 Å². The van der Waals surface area contributed by atoms with Crippen molar-refractivity contribution in [2.24, 2.45) is 0 Å². The van der Waals surface area contributed by atoms with Gasteiger partial charge in [0.05, 0.1) is 40.7 Å². The van der Waals surface area contributed by atoms with Crippen molar-refractivity contribution >= 4 is 23.2 Å². The molecule has 0 aliphatic carbocycles. The molecule has 0 aliphatic heterocycles. The summed E-state index contributed by atoms with van der Waals surface area (Å²) in [5, 5.41) is 13.2. The average Bonchev–Trinajstić information content (AvgIpc) is 2.96. The van der Waals surface area contributed by atoms with Gasteiger partial charge in [-0.3, -0.25) is 4.68 Å². The van der Waals surface area contributed by atoms with Gasteiger partial charge in [0.1, 0.15) is 0 Å². The van der Waals surface area contributed by atoms with Crippen molar-refractivity contribution in [3.8, 4) is 0 Å². The van der Waals surface area contributed by atoms with Crippen LogP contribution in [0.5, 0.6) is 0 Å². The Labute approximate surface area is 116 Å². The number of hydrogen-bond donors (Lipinski definition) is 0. The minimum absolute atomic E-state index is 0.362. The molecule has 18 heavy (non-hydrogen) atoms. The standard InChI is InChI=1S/C11H15Cl2N5/c1-3-9-11(13)10(18(4-2)15-9)7-17-6-8(5-12)14-16-17/h6H,3-5,7H2,1-2H3. The van der Waals surface area contributed by atoms with Crippen molar-refractivity contribution in [2.45, 2.75) is 39.2 Å². The Bertz CT molecular complexity index is 532. The number of rotatable bonds is 5. The molecule has 0 radical (unpaired) electrons. The maximum absolute atomic E-state index is 6.33. The first-order valence-electron chi connectivity index (χ1n) is 5.88. The lowest BCUT2D eigenvalue weighted by molar-refractivity contribution is 0.564. The Morgan fingerprint density at radius 3 is 2.67 bits per heavy atom. The van der Waals surface area contributed by atoms with Gasteiger partial charge in [-0.15, -0.1) is 16.7 Å². The topological polar surface area (TPSA) is 48.5 Å². The molecule has 0 saturated heterocycles. The fourth-order valence-corrected chi connectivity index (χ4v) is 2.25. The quantitative estimate of drug-likeness (QED) is 0.794. The summed E-state index contributed by atoms with van der Waals surface area (Å²) in [5.41, 5.74) is 2.64. The fourth-order valence-electron chi connectivity index (χ4n) is 1.80. The molecule has 0 fully saturated rings. The van der Waals surface area contributed by atoms with Gasteiger partial charge in [-0.1, -0.05) is 23.7 Å². The smallest absolute Gasteiger partial charge is 0.0974 e. The van der Waals surface area contributed by atoms with E-state index in [9.17, 15) is 0 Å². The number of nitrogens with zero attached hydrogens (tertiary/aromatic N) is 5. The molecule has 0 amide bonds. The summed E-state index contributed by atoms with van der Waals surface area (Å²) in [6, 6.07) is 0. The molecule has 0 unspecified atom stereocenters. The van der Waals surface area contributed by atoms with Crippen LogP contribution in [0.3, 0.4) is 0 Å². The zero-order valence-electron chi connectivity index (χ0n) is 10.4. The van der Waals surface area contributed by atoms with Crippen molar-refractivity contribution < 1.29 is 0 Å². The van der Waals surface area contributed by atoms with Gasteiger partial charge >= 0.3 is 0 Å². The van der Waals surface area contributed by atoms with Gasteiger partial charge in [-0.2, -0.15) is 5.10 Å². The largest absolute Gasteiger partial charge is 0.266 e. The second-order valence-corrected chi connectivity index (χ2v) is 4.56. The molecule has 0 aliphatic rings. The molecule has 0 spiro atoms. The first-order chi connectivity index (χ1) is 8.69. The molecule has 7 heteroatoms. The average molecular weight is 288 g/mol. The molecule has 0 atom stereocenters. The van der Waals surface area contributed by atoms with Gasteiger partial charge < -0.3 is 0 Å². The summed E-state index contributed by atoms with van der Waals surface area (Å²) < 4.78 is 3.63. The van der Waals surface area contributed by atoms with E-state index in [1.807, 2.05) is 24.7 Å². The van der Waals surface area contributed by atoms with Gasteiger partial charge in [0.15, 0.2) is 0 Å². The summed E-state index contributed by atoms with van der Waals surface area (Å²) in [6.45, 7) is 5.42. The maximum Gasteiger partial charge on any atom is 0.0974 e. The molecule has 2 rings (SSSR count). The lowest BCUT2D eigenvalue weighted by Gasteiger charge is -2.04. The van der Waals surface area contributed by atoms with Crippen LogP contribution in [0.4, 0.5) is 0 Å². The highest BCUT2D eigenvalue weighted by Crippen LogP contribution is 2.22. The summed E-state index contributed by atoms with van der Waals surface area (Å²) in [5.74, 6) is 0.362. The summed E-state index contributed by atoms with van der Waals surface area (Å²) in [7, 11) is 0. The SMILES string of the molecule is CCc1nn(CC)c(Cn2cc(CCl)nn2)c1Cl. The Balaban J connectivity index is 2.29. The molecular weight excluding hydrogens is 273 g/mol. The van der Waals surface area contributed by atoms with Gasteiger partial charge in [-0.25, -0.2) is 4.68 Å². The van der Waals surface area contributed by atoms with E-state index in [1.165, 1.54) is 0 Å². The van der Waals surface area contributed by atoms with E-state index in [-0.39, 0.29) is 0 Å². The summed E-state index contributed by atoms with van der Waals surface area (Å²) in [4.78, 5) is 0. The van der Waals surface area contributed by atoms with Gasteiger partial charge in [0.2, 0.25) is 0 Å². The van der Waals surface area contributed by atoms with E-state index < -0.39 is 0 Å². The Hall–Kier alpha value is -1.07. The van der Waals surface area contributed by atoms with Crippen LogP contribution in [0.25, 0.3) is 0 Å².